The molecule has 0 amide bonds. The summed E-state index contributed by atoms with van der Waals surface area (Å²) in [6, 6.07) is 29.1. The number of furan rings is 1. The Hall–Kier alpha value is -3.27. The van der Waals surface area contributed by atoms with Gasteiger partial charge in [-0.3, -0.25) is 4.98 Å². The van der Waals surface area contributed by atoms with Gasteiger partial charge in [0.25, 0.3) is 0 Å². The van der Waals surface area contributed by atoms with Gasteiger partial charge in [-0.1, -0.05) is 115 Å². The van der Waals surface area contributed by atoms with Gasteiger partial charge in [0.1, 0.15) is 11.3 Å². The van der Waals surface area contributed by atoms with Crippen LogP contribution in [0.1, 0.15) is 66.5 Å². The smallest absolute Gasteiger partial charge is 0.135 e. The Bertz CT molecular complexity index is 1690. The molecule has 0 saturated heterocycles. The summed E-state index contributed by atoms with van der Waals surface area (Å²) in [7, 11) is 0. The predicted molar refractivity (Wildman–Crippen MR) is 169 cm³/mol. The van der Waals surface area contributed by atoms with Crippen molar-refractivity contribution in [2.75, 3.05) is 0 Å². The van der Waals surface area contributed by atoms with E-state index in [0.717, 1.165) is 44.9 Å². The van der Waals surface area contributed by atoms with Crippen LogP contribution in [0.3, 0.4) is 0 Å². The quantitative estimate of drug-likeness (QED) is 0.105. The van der Waals surface area contributed by atoms with Crippen molar-refractivity contribution in [3.63, 3.8) is 0 Å². The third-order valence-electron chi connectivity index (χ3n) is 7.24. The first-order chi connectivity index (χ1) is 19.1. The molecule has 0 bridgehead atoms. The van der Waals surface area contributed by atoms with E-state index in [1.807, 2.05) is 30.3 Å². The van der Waals surface area contributed by atoms with Crippen LogP contribution in [0.2, 0.25) is 0 Å². The standard InChI is InChI=1S/C26H18NO.C10H21N2.Ir/c1-26(2)23-17(21-15-14-16-8-3-5-12-20(16)27-21)10-7-11-19(23)25-24(26)18-9-4-6-13-22(18)28-25;1-7(2)10(11-8(3)4)12-9(5)6;/h3-9,11-15H,1-2H3;7-9H,1-6H3;/q2*-1;. The molecule has 4 nitrogen and oxygen atoms in total. The van der Waals surface area contributed by atoms with Gasteiger partial charge in [0.15, 0.2) is 0 Å². The van der Waals surface area contributed by atoms with Crippen molar-refractivity contribution < 1.29 is 24.5 Å². The second-order valence-electron chi connectivity index (χ2n) is 11.9. The number of pyridine rings is 1. The van der Waals surface area contributed by atoms with Crippen molar-refractivity contribution in [3.8, 4) is 22.6 Å². The maximum atomic E-state index is 6.30. The zero-order valence-electron chi connectivity index (χ0n) is 25.2. The first kappa shape index (κ1) is 30.7. The molecule has 0 atom stereocenters. The summed E-state index contributed by atoms with van der Waals surface area (Å²) in [5, 5.41) is 6.81. The molecule has 0 unspecified atom stereocenters. The molecular weight excluding hydrogens is 683 g/mol. The molecule has 5 heteroatoms. The second-order valence-corrected chi connectivity index (χ2v) is 11.9. The number of hydrogen-bond donors (Lipinski definition) is 0. The molecule has 0 fully saturated rings. The normalized spacial score (nSPS) is 13.7. The summed E-state index contributed by atoms with van der Waals surface area (Å²) in [6.45, 7) is 17.1. The van der Waals surface area contributed by atoms with Crippen molar-refractivity contribution in [2.45, 2.75) is 72.9 Å². The van der Waals surface area contributed by atoms with E-state index in [1.54, 1.807) is 0 Å². The van der Waals surface area contributed by atoms with E-state index in [2.05, 4.69) is 114 Å². The van der Waals surface area contributed by atoms with E-state index in [4.69, 9.17) is 9.40 Å². The van der Waals surface area contributed by atoms with Gasteiger partial charge < -0.3 is 14.7 Å². The summed E-state index contributed by atoms with van der Waals surface area (Å²) in [5.41, 5.74) is 7.45. The molecule has 215 valence electrons. The molecule has 0 spiro atoms. The fraction of sp³-hybridized carbons (Fsp3) is 0.333. The number of nitrogens with zero attached hydrogens (tertiary/aromatic N) is 3. The largest absolute Gasteiger partial charge is 0.466 e. The van der Waals surface area contributed by atoms with E-state index in [0.29, 0.717) is 18.0 Å². The fourth-order valence-corrected chi connectivity index (χ4v) is 5.59. The zero-order valence-corrected chi connectivity index (χ0v) is 27.6. The van der Waals surface area contributed by atoms with E-state index >= 15 is 0 Å². The van der Waals surface area contributed by atoms with Gasteiger partial charge in [-0.15, -0.1) is 29.3 Å². The van der Waals surface area contributed by atoms with Crippen LogP contribution < -0.4 is 0 Å². The molecule has 41 heavy (non-hydrogen) atoms. The molecule has 1 aliphatic rings. The number of para-hydroxylation sites is 2. The summed E-state index contributed by atoms with van der Waals surface area (Å²) in [4.78, 5) is 9.40. The Kier molecular flexibility index (Phi) is 9.21. The van der Waals surface area contributed by atoms with Crippen molar-refractivity contribution in [1.29, 1.82) is 0 Å². The molecule has 2 aromatic heterocycles. The van der Waals surface area contributed by atoms with Gasteiger partial charge in [0.2, 0.25) is 0 Å². The number of rotatable bonds is 4. The Labute approximate surface area is 258 Å². The maximum Gasteiger partial charge on any atom is 0.135 e. The van der Waals surface area contributed by atoms with Crippen LogP contribution in [0.15, 0.2) is 82.2 Å². The summed E-state index contributed by atoms with van der Waals surface area (Å²) >= 11 is 0. The van der Waals surface area contributed by atoms with E-state index < -0.39 is 0 Å². The first-order valence-electron chi connectivity index (χ1n) is 14.3. The Morgan fingerprint density at radius 1 is 0.878 bits per heavy atom. The average Bonchev–Trinajstić information content (AvgIpc) is 3.42. The number of fused-ring (bicyclic) bond motifs is 6. The second kappa shape index (κ2) is 12.3. The Morgan fingerprint density at radius 3 is 2.29 bits per heavy atom. The van der Waals surface area contributed by atoms with Gasteiger partial charge in [-0.2, -0.15) is 0 Å². The van der Waals surface area contributed by atoms with Crippen LogP contribution in [0.25, 0.3) is 49.8 Å². The molecule has 2 heterocycles. The SMILES string of the molecule is CC(C)N=C([N-]C(C)C)C(C)C.CC1(C)c2c(-c3ccc4ccccc4n3)[c-]ccc2-c2oc3ccccc3c21.[Ir]. The third kappa shape index (κ3) is 6.03. The van der Waals surface area contributed by atoms with Gasteiger partial charge in [0.05, 0.1) is 5.52 Å². The minimum atomic E-state index is -0.183. The van der Waals surface area contributed by atoms with Gasteiger partial charge in [0, 0.05) is 31.1 Å². The van der Waals surface area contributed by atoms with Crippen molar-refractivity contribution in [1.82, 2.24) is 4.98 Å². The fourth-order valence-electron chi connectivity index (χ4n) is 5.59. The monoisotopic (exact) mass is 722 g/mol. The van der Waals surface area contributed by atoms with Crippen LogP contribution in [-0.4, -0.2) is 22.9 Å². The zero-order chi connectivity index (χ0) is 28.6. The van der Waals surface area contributed by atoms with Crippen LogP contribution in [0, 0.1) is 12.0 Å². The summed E-state index contributed by atoms with van der Waals surface area (Å²) in [5.74, 6) is 2.42. The minimum absolute atomic E-state index is 0. The summed E-state index contributed by atoms with van der Waals surface area (Å²) < 4.78 is 6.30. The number of hydrogen-bond acceptors (Lipinski definition) is 3. The van der Waals surface area contributed by atoms with Crippen LogP contribution in [0.4, 0.5) is 0 Å². The number of aliphatic imine (C=N–C) groups is 1. The number of benzene rings is 3. The third-order valence-corrected chi connectivity index (χ3v) is 7.24. The predicted octanol–water partition coefficient (Wildman–Crippen LogP) is 9.98. The van der Waals surface area contributed by atoms with Crippen molar-refractivity contribution in [3.05, 3.63) is 95.3 Å². The average molecular weight is 722 g/mol. The van der Waals surface area contributed by atoms with Crippen LogP contribution >= 0.6 is 0 Å². The molecule has 3 aromatic carbocycles. The number of aromatic nitrogens is 1. The Morgan fingerprint density at radius 2 is 1.59 bits per heavy atom. The molecule has 0 aliphatic heterocycles. The first-order valence-corrected chi connectivity index (χ1v) is 14.3. The van der Waals surface area contributed by atoms with Gasteiger partial charge in [-0.05, 0) is 46.6 Å². The molecule has 5 aromatic rings. The maximum absolute atomic E-state index is 6.30. The summed E-state index contributed by atoms with van der Waals surface area (Å²) in [6.07, 6.45) is 0. The minimum Gasteiger partial charge on any atom is -0.466 e. The van der Waals surface area contributed by atoms with Crippen LogP contribution in [0.5, 0.6) is 0 Å². The Balaban J connectivity index is 0.000000257. The molecule has 0 N–H and O–H groups in total. The topological polar surface area (TPSA) is 52.5 Å². The van der Waals surface area contributed by atoms with Gasteiger partial charge in [-0.25, -0.2) is 0 Å². The van der Waals surface area contributed by atoms with E-state index in [1.165, 1.54) is 16.5 Å². The van der Waals surface area contributed by atoms with E-state index in [9.17, 15) is 0 Å². The molecular formula is C36H39IrN3O-2. The van der Waals surface area contributed by atoms with E-state index in [-0.39, 0.29) is 25.5 Å². The van der Waals surface area contributed by atoms with Crippen molar-refractivity contribution in [2.24, 2.45) is 10.9 Å². The van der Waals surface area contributed by atoms with Crippen molar-refractivity contribution >= 4 is 27.7 Å². The number of amidine groups is 1. The van der Waals surface area contributed by atoms with Gasteiger partial charge >= 0.3 is 0 Å². The molecule has 0 saturated carbocycles. The van der Waals surface area contributed by atoms with Crippen LogP contribution in [-0.2, 0) is 25.5 Å². The molecule has 1 radical (unpaired) electrons. The molecule has 1 aliphatic carbocycles. The molecule has 6 rings (SSSR count).